The zero-order chi connectivity index (χ0) is 14.4. The molecule has 0 atom stereocenters. The second kappa shape index (κ2) is 6.71. The van der Waals surface area contributed by atoms with Gasteiger partial charge in [-0.15, -0.1) is 0 Å². The highest BCUT2D eigenvalue weighted by atomic mass is 16.5. The van der Waals surface area contributed by atoms with Gasteiger partial charge in [0.15, 0.2) is 5.78 Å². The van der Waals surface area contributed by atoms with Gasteiger partial charge in [0.2, 0.25) is 0 Å². The number of hydrogen-bond acceptors (Lipinski definition) is 2. The molecule has 0 spiro atoms. The Balaban J connectivity index is 2.04. The molecule has 0 saturated carbocycles. The molecule has 0 fully saturated rings. The Morgan fingerprint density at radius 3 is 2.25 bits per heavy atom. The molecule has 2 aromatic rings. The summed E-state index contributed by atoms with van der Waals surface area (Å²) >= 11 is 0. The maximum Gasteiger partial charge on any atom is 0.185 e. The van der Waals surface area contributed by atoms with Crippen molar-refractivity contribution >= 4 is 11.9 Å². The molecular formula is C18H18O2. The molecule has 0 heterocycles. The smallest absolute Gasteiger partial charge is 0.185 e. The van der Waals surface area contributed by atoms with Crippen molar-refractivity contribution in [1.82, 2.24) is 0 Å². The SMILES string of the molecule is CC(C)Oc1ccc(C(=O)C=Cc2ccccc2)cc1. The Morgan fingerprint density at radius 1 is 1.00 bits per heavy atom. The second-order valence-corrected chi connectivity index (χ2v) is 4.80. The molecule has 0 aliphatic carbocycles. The molecule has 0 aliphatic heterocycles. The topological polar surface area (TPSA) is 26.3 Å². The molecule has 2 nitrogen and oxygen atoms in total. The van der Waals surface area contributed by atoms with Gasteiger partial charge < -0.3 is 4.74 Å². The van der Waals surface area contributed by atoms with E-state index >= 15 is 0 Å². The normalized spacial score (nSPS) is 10.9. The first-order valence-electron chi connectivity index (χ1n) is 6.69. The summed E-state index contributed by atoms with van der Waals surface area (Å²) in [7, 11) is 0. The predicted octanol–water partition coefficient (Wildman–Crippen LogP) is 4.37. The lowest BCUT2D eigenvalue weighted by molar-refractivity contribution is 0.104. The molecule has 0 N–H and O–H groups in total. The van der Waals surface area contributed by atoms with Gasteiger partial charge in [-0.3, -0.25) is 4.79 Å². The molecule has 0 saturated heterocycles. The summed E-state index contributed by atoms with van der Waals surface area (Å²) < 4.78 is 5.55. The maximum atomic E-state index is 12.0. The van der Waals surface area contributed by atoms with Crippen LogP contribution < -0.4 is 4.74 Å². The van der Waals surface area contributed by atoms with Crippen molar-refractivity contribution in [1.29, 1.82) is 0 Å². The Labute approximate surface area is 119 Å². The first kappa shape index (κ1) is 14.1. The largest absolute Gasteiger partial charge is 0.491 e. The van der Waals surface area contributed by atoms with E-state index in [-0.39, 0.29) is 11.9 Å². The van der Waals surface area contributed by atoms with Gasteiger partial charge >= 0.3 is 0 Å². The highest BCUT2D eigenvalue weighted by Crippen LogP contribution is 2.14. The molecule has 0 bridgehead atoms. The van der Waals surface area contributed by atoms with E-state index in [4.69, 9.17) is 4.74 Å². The van der Waals surface area contributed by atoms with E-state index in [1.807, 2.05) is 62.4 Å². The summed E-state index contributed by atoms with van der Waals surface area (Å²) in [4.78, 5) is 12.0. The lowest BCUT2D eigenvalue weighted by atomic mass is 10.1. The van der Waals surface area contributed by atoms with E-state index < -0.39 is 0 Å². The number of carbonyl (C=O) groups excluding carboxylic acids is 1. The maximum absolute atomic E-state index is 12.0. The molecule has 0 aliphatic rings. The van der Waals surface area contributed by atoms with Crippen molar-refractivity contribution in [2.75, 3.05) is 0 Å². The van der Waals surface area contributed by atoms with Crippen LogP contribution in [-0.4, -0.2) is 11.9 Å². The molecule has 0 aromatic heterocycles. The van der Waals surface area contributed by atoms with E-state index in [9.17, 15) is 4.79 Å². The zero-order valence-electron chi connectivity index (χ0n) is 11.7. The van der Waals surface area contributed by atoms with Gasteiger partial charge in [0.05, 0.1) is 6.10 Å². The van der Waals surface area contributed by atoms with E-state index in [2.05, 4.69) is 0 Å². The number of hydrogen-bond donors (Lipinski definition) is 0. The monoisotopic (exact) mass is 266 g/mol. The molecule has 0 unspecified atom stereocenters. The minimum absolute atomic E-state index is 0.00931. The quantitative estimate of drug-likeness (QED) is 0.593. The molecule has 0 radical (unpaired) electrons. The van der Waals surface area contributed by atoms with Crippen molar-refractivity contribution in [2.24, 2.45) is 0 Å². The van der Waals surface area contributed by atoms with E-state index in [0.717, 1.165) is 11.3 Å². The average Bonchev–Trinajstić information content (AvgIpc) is 2.46. The van der Waals surface area contributed by atoms with Gasteiger partial charge in [0, 0.05) is 5.56 Å². The number of ether oxygens (including phenoxy) is 1. The van der Waals surface area contributed by atoms with Gasteiger partial charge in [-0.1, -0.05) is 36.4 Å². The molecule has 102 valence electrons. The third-order valence-corrected chi connectivity index (χ3v) is 2.74. The Kier molecular flexibility index (Phi) is 4.72. The number of rotatable bonds is 5. The van der Waals surface area contributed by atoms with Gasteiger partial charge in [-0.2, -0.15) is 0 Å². The molecule has 20 heavy (non-hydrogen) atoms. The van der Waals surface area contributed by atoms with Crippen molar-refractivity contribution < 1.29 is 9.53 Å². The van der Waals surface area contributed by atoms with Crippen LogP contribution in [0.5, 0.6) is 5.75 Å². The van der Waals surface area contributed by atoms with Crippen LogP contribution in [0.2, 0.25) is 0 Å². The fourth-order valence-corrected chi connectivity index (χ4v) is 1.80. The summed E-state index contributed by atoms with van der Waals surface area (Å²) in [5.41, 5.74) is 1.67. The summed E-state index contributed by atoms with van der Waals surface area (Å²) in [6.45, 7) is 3.95. The van der Waals surface area contributed by atoms with Crippen molar-refractivity contribution in [3.8, 4) is 5.75 Å². The van der Waals surface area contributed by atoms with Crippen LogP contribution in [0.15, 0.2) is 60.7 Å². The zero-order valence-corrected chi connectivity index (χ0v) is 11.7. The minimum atomic E-state index is -0.00931. The lowest BCUT2D eigenvalue weighted by Crippen LogP contribution is -2.05. The summed E-state index contributed by atoms with van der Waals surface area (Å²) in [6, 6.07) is 17.0. The van der Waals surface area contributed by atoms with Crippen LogP contribution in [0.4, 0.5) is 0 Å². The van der Waals surface area contributed by atoms with Crippen LogP contribution in [0.1, 0.15) is 29.8 Å². The Hall–Kier alpha value is -2.35. The fraction of sp³-hybridized carbons (Fsp3) is 0.167. The van der Waals surface area contributed by atoms with Crippen LogP contribution >= 0.6 is 0 Å². The van der Waals surface area contributed by atoms with Crippen molar-refractivity contribution in [2.45, 2.75) is 20.0 Å². The fourth-order valence-electron chi connectivity index (χ4n) is 1.80. The average molecular weight is 266 g/mol. The molecular weight excluding hydrogens is 248 g/mol. The van der Waals surface area contributed by atoms with Gasteiger partial charge in [-0.05, 0) is 49.8 Å². The van der Waals surface area contributed by atoms with Crippen molar-refractivity contribution in [3.05, 3.63) is 71.8 Å². The van der Waals surface area contributed by atoms with Crippen LogP contribution in [0.25, 0.3) is 6.08 Å². The van der Waals surface area contributed by atoms with E-state index in [1.165, 1.54) is 0 Å². The van der Waals surface area contributed by atoms with Crippen LogP contribution in [-0.2, 0) is 0 Å². The highest BCUT2D eigenvalue weighted by molar-refractivity contribution is 6.06. The molecule has 0 amide bonds. The summed E-state index contributed by atoms with van der Waals surface area (Å²) in [6.07, 6.45) is 3.55. The third-order valence-electron chi connectivity index (χ3n) is 2.74. The molecule has 2 aromatic carbocycles. The van der Waals surface area contributed by atoms with Gasteiger partial charge in [0.1, 0.15) is 5.75 Å². The first-order valence-corrected chi connectivity index (χ1v) is 6.69. The van der Waals surface area contributed by atoms with Crippen LogP contribution in [0, 0.1) is 0 Å². The standard InChI is InChI=1S/C18H18O2/c1-14(2)20-17-11-9-16(10-12-17)18(19)13-8-15-6-4-3-5-7-15/h3-14H,1-2H3. The van der Waals surface area contributed by atoms with E-state index in [0.29, 0.717) is 5.56 Å². The third kappa shape index (κ3) is 4.09. The van der Waals surface area contributed by atoms with Crippen molar-refractivity contribution in [3.63, 3.8) is 0 Å². The van der Waals surface area contributed by atoms with E-state index in [1.54, 1.807) is 18.2 Å². The number of benzene rings is 2. The second-order valence-electron chi connectivity index (χ2n) is 4.80. The lowest BCUT2D eigenvalue weighted by Gasteiger charge is -2.09. The minimum Gasteiger partial charge on any atom is -0.491 e. The Bertz CT molecular complexity index is 581. The Morgan fingerprint density at radius 2 is 1.65 bits per heavy atom. The van der Waals surface area contributed by atoms with Gasteiger partial charge in [-0.25, -0.2) is 0 Å². The highest BCUT2D eigenvalue weighted by Gasteiger charge is 2.03. The number of carbonyl (C=O) groups is 1. The van der Waals surface area contributed by atoms with Crippen LogP contribution in [0.3, 0.4) is 0 Å². The summed E-state index contributed by atoms with van der Waals surface area (Å²) in [5.74, 6) is 0.772. The summed E-state index contributed by atoms with van der Waals surface area (Å²) in [5, 5.41) is 0. The molecule has 2 rings (SSSR count). The van der Waals surface area contributed by atoms with Gasteiger partial charge in [0.25, 0.3) is 0 Å². The predicted molar refractivity (Wildman–Crippen MR) is 82.0 cm³/mol. The first-order chi connectivity index (χ1) is 9.65. The number of allylic oxidation sites excluding steroid dienone is 1. The number of ketones is 1. The molecule has 2 heteroatoms.